The van der Waals surface area contributed by atoms with Gasteiger partial charge in [0, 0.05) is 32.1 Å². The molecule has 0 atom stereocenters. The summed E-state index contributed by atoms with van der Waals surface area (Å²) in [5.41, 5.74) is 1.27. The van der Waals surface area contributed by atoms with Crippen molar-refractivity contribution in [2.75, 3.05) is 47.4 Å². The molecule has 0 aromatic heterocycles. The Kier molecular flexibility index (Phi) is 8.43. The molecule has 2 aliphatic rings. The van der Waals surface area contributed by atoms with E-state index in [0.29, 0.717) is 5.96 Å². The van der Waals surface area contributed by atoms with Crippen LogP contribution in [0.3, 0.4) is 0 Å². The molecule has 1 saturated carbocycles. The fourth-order valence-corrected chi connectivity index (χ4v) is 4.85. The highest BCUT2D eigenvalue weighted by Gasteiger charge is 2.35. The molecule has 3 rings (SSSR count). The Morgan fingerprint density at radius 1 is 1.00 bits per heavy atom. The van der Waals surface area contributed by atoms with E-state index in [2.05, 4.69) is 27.8 Å². The normalized spacial score (nSPS) is 18.9. The summed E-state index contributed by atoms with van der Waals surface area (Å²) in [4.78, 5) is 18.8. The Morgan fingerprint density at radius 3 is 2.32 bits per heavy atom. The minimum atomic E-state index is 0.00625. The second kappa shape index (κ2) is 11.3. The molecule has 2 fully saturated rings. The molecular weight excluding hydrogens is 392 g/mol. The molecule has 7 heteroatoms. The molecule has 1 heterocycles. The third-order valence-corrected chi connectivity index (χ3v) is 6.74. The number of aliphatic imine (C=N–C) groups is 1. The third-order valence-electron chi connectivity index (χ3n) is 6.74. The van der Waals surface area contributed by atoms with Crippen molar-refractivity contribution in [3.05, 3.63) is 23.8 Å². The van der Waals surface area contributed by atoms with Gasteiger partial charge >= 0.3 is 0 Å². The van der Waals surface area contributed by atoms with Gasteiger partial charge in [0.05, 0.1) is 20.8 Å². The standard InChI is InChI=1S/C24H38N4O3/c1-25-23(26-17-22(29)28-14-8-5-9-15-28)27-18-24(12-6-4-7-13-24)19-10-11-20(30-2)21(16-19)31-3/h10-11,16H,4-9,12-15,17-18H2,1-3H3,(H2,25,26,27). The maximum absolute atomic E-state index is 12.5. The van der Waals surface area contributed by atoms with Crippen molar-refractivity contribution in [2.45, 2.75) is 56.8 Å². The van der Waals surface area contributed by atoms with Crippen molar-refractivity contribution in [1.29, 1.82) is 0 Å². The van der Waals surface area contributed by atoms with Crippen molar-refractivity contribution < 1.29 is 14.3 Å². The number of hydrogen-bond donors (Lipinski definition) is 2. The number of carbonyl (C=O) groups is 1. The van der Waals surface area contributed by atoms with E-state index in [1.165, 1.54) is 31.2 Å². The molecule has 1 saturated heterocycles. The molecule has 7 nitrogen and oxygen atoms in total. The Labute approximate surface area is 186 Å². The summed E-state index contributed by atoms with van der Waals surface area (Å²) in [6.07, 6.45) is 9.33. The van der Waals surface area contributed by atoms with Crippen LogP contribution in [0.25, 0.3) is 0 Å². The molecular formula is C24H38N4O3. The van der Waals surface area contributed by atoms with Gasteiger partial charge in [0.2, 0.25) is 5.91 Å². The number of ether oxygens (including phenoxy) is 2. The fraction of sp³-hybridized carbons (Fsp3) is 0.667. The number of nitrogens with zero attached hydrogens (tertiary/aromatic N) is 2. The zero-order valence-electron chi connectivity index (χ0n) is 19.3. The molecule has 172 valence electrons. The topological polar surface area (TPSA) is 75.2 Å². The summed E-state index contributed by atoms with van der Waals surface area (Å²) in [6.45, 7) is 2.78. The van der Waals surface area contributed by atoms with Gasteiger partial charge in [-0.1, -0.05) is 25.3 Å². The summed E-state index contributed by atoms with van der Waals surface area (Å²) in [5.74, 6) is 2.34. The number of nitrogens with one attached hydrogen (secondary N) is 2. The van der Waals surface area contributed by atoms with Gasteiger partial charge in [-0.25, -0.2) is 0 Å². The third kappa shape index (κ3) is 5.83. The maximum atomic E-state index is 12.5. The van der Waals surface area contributed by atoms with E-state index in [0.717, 1.165) is 56.8 Å². The summed E-state index contributed by atoms with van der Waals surface area (Å²) in [5, 5.41) is 6.72. The van der Waals surface area contributed by atoms with Crippen LogP contribution in [0.4, 0.5) is 0 Å². The molecule has 31 heavy (non-hydrogen) atoms. The van der Waals surface area contributed by atoms with Gasteiger partial charge in [-0.05, 0) is 49.8 Å². The first-order chi connectivity index (χ1) is 15.1. The summed E-state index contributed by atoms with van der Waals surface area (Å²) in [6, 6.07) is 6.27. The lowest BCUT2D eigenvalue weighted by Crippen LogP contribution is -2.49. The second-order valence-electron chi connectivity index (χ2n) is 8.63. The van der Waals surface area contributed by atoms with E-state index in [1.54, 1.807) is 21.3 Å². The van der Waals surface area contributed by atoms with Crippen LogP contribution in [0.2, 0.25) is 0 Å². The van der Waals surface area contributed by atoms with Crippen LogP contribution in [0.1, 0.15) is 56.9 Å². The highest BCUT2D eigenvalue weighted by molar-refractivity contribution is 5.86. The van der Waals surface area contributed by atoms with Gasteiger partial charge < -0.3 is 25.0 Å². The van der Waals surface area contributed by atoms with Crippen molar-refractivity contribution >= 4 is 11.9 Å². The fourth-order valence-electron chi connectivity index (χ4n) is 4.85. The Bertz CT molecular complexity index is 753. The average Bonchev–Trinajstić information content (AvgIpc) is 2.84. The lowest BCUT2D eigenvalue weighted by Gasteiger charge is -2.38. The largest absolute Gasteiger partial charge is 0.493 e. The van der Waals surface area contributed by atoms with Gasteiger partial charge in [-0.2, -0.15) is 0 Å². The van der Waals surface area contributed by atoms with Crippen LogP contribution < -0.4 is 20.1 Å². The number of likely N-dealkylation sites (tertiary alicyclic amines) is 1. The zero-order chi connectivity index (χ0) is 22.1. The first-order valence-corrected chi connectivity index (χ1v) is 11.6. The second-order valence-corrected chi connectivity index (χ2v) is 8.63. The Morgan fingerprint density at radius 2 is 1.68 bits per heavy atom. The summed E-state index contributed by atoms with van der Waals surface area (Å²) < 4.78 is 11.0. The maximum Gasteiger partial charge on any atom is 0.241 e. The number of guanidine groups is 1. The van der Waals surface area contributed by atoms with E-state index < -0.39 is 0 Å². The Hall–Kier alpha value is -2.44. The van der Waals surface area contributed by atoms with Gasteiger partial charge in [-0.3, -0.25) is 9.79 Å². The van der Waals surface area contributed by atoms with Crippen LogP contribution in [0.5, 0.6) is 11.5 Å². The van der Waals surface area contributed by atoms with E-state index in [1.807, 2.05) is 11.0 Å². The highest BCUT2D eigenvalue weighted by Crippen LogP contribution is 2.42. The van der Waals surface area contributed by atoms with Crippen LogP contribution in [0.15, 0.2) is 23.2 Å². The molecule has 1 aliphatic carbocycles. The molecule has 0 unspecified atom stereocenters. The first kappa shape index (κ1) is 23.2. The van der Waals surface area contributed by atoms with Crippen molar-refractivity contribution in [3.8, 4) is 11.5 Å². The van der Waals surface area contributed by atoms with E-state index >= 15 is 0 Å². The molecule has 1 aliphatic heterocycles. The van der Waals surface area contributed by atoms with Gasteiger partial charge in [0.1, 0.15) is 0 Å². The number of carbonyl (C=O) groups excluding carboxylic acids is 1. The number of benzene rings is 1. The molecule has 1 amide bonds. The number of amides is 1. The molecule has 0 spiro atoms. The minimum absolute atomic E-state index is 0.00625. The number of rotatable bonds is 7. The summed E-state index contributed by atoms with van der Waals surface area (Å²) >= 11 is 0. The molecule has 0 radical (unpaired) electrons. The van der Waals surface area contributed by atoms with Crippen LogP contribution >= 0.6 is 0 Å². The zero-order valence-corrected chi connectivity index (χ0v) is 19.3. The first-order valence-electron chi connectivity index (χ1n) is 11.6. The average molecular weight is 431 g/mol. The Balaban J connectivity index is 1.65. The van der Waals surface area contributed by atoms with Gasteiger partial charge in [0.25, 0.3) is 0 Å². The minimum Gasteiger partial charge on any atom is -0.493 e. The van der Waals surface area contributed by atoms with Crippen molar-refractivity contribution in [1.82, 2.24) is 15.5 Å². The molecule has 0 bridgehead atoms. The predicted molar refractivity (Wildman–Crippen MR) is 124 cm³/mol. The monoisotopic (exact) mass is 430 g/mol. The molecule has 2 N–H and O–H groups in total. The highest BCUT2D eigenvalue weighted by atomic mass is 16.5. The predicted octanol–water partition coefficient (Wildman–Crippen LogP) is 3.08. The van der Waals surface area contributed by atoms with Crippen LogP contribution in [-0.2, 0) is 10.2 Å². The van der Waals surface area contributed by atoms with E-state index in [-0.39, 0.29) is 17.9 Å². The summed E-state index contributed by atoms with van der Waals surface area (Å²) in [7, 11) is 5.10. The van der Waals surface area contributed by atoms with Crippen LogP contribution in [-0.4, -0.2) is 64.2 Å². The molecule has 1 aromatic rings. The van der Waals surface area contributed by atoms with Crippen LogP contribution in [0, 0.1) is 0 Å². The van der Waals surface area contributed by atoms with Crippen molar-refractivity contribution in [3.63, 3.8) is 0 Å². The van der Waals surface area contributed by atoms with Crippen molar-refractivity contribution in [2.24, 2.45) is 4.99 Å². The lowest BCUT2D eigenvalue weighted by molar-refractivity contribution is -0.130. The SMILES string of the molecule is CN=C(NCC(=O)N1CCCCC1)NCC1(c2ccc(OC)c(OC)c2)CCCCC1. The van der Waals surface area contributed by atoms with E-state index in [4.69, 9.17) is 9.47 Å². The lowest BCUT2D eigenvalue weighted by atomic mass is 9.69. The van der Waals surface area contributed by atoms with E-state index in [9.17, 15) is 4.79 Å². The van der Waals surface area contributed by atoms with Gasteiger partial charge in [0.15, 0.2) is 17.5 Å². The van der Waals surface area contributed by atoms with Gasteiger partial charge in [-0.15, -0.1) is 0 Å². The number of methoxy groups -OCH3 is 2. The smallest absolute Gasteiger partial charge is 0.241 e. The number of hydrogen-bond acceptors (Lipinski definition) is 4. The molecule has 1 aromatic carbocycles. The quantitative estimate of drug-likeness (QED) is 0.514. The number of piperidine rings is 1.